The Morgan fingerprint density at radius 3 is 2.58 bits per heavy atom. The number of halogens is 4. The van der Waals surface area contributed by atoms with Crippen LogP contribution in [0.3, 0.4) is 0 Å². The maximum absolute atomic E-state index is 13.9. The van der Waals surface area contributed by atoms with Gasteiger partial charge in [-0.15, -0.1) is 0 Å². The first-order valence-electron chi connectivity index (χ1n) is 11.8. The number of anilines is 2. The van der Waals surface area contributed by atoms with Crippen molar-refractivity contribution >= 4 is 43.7 Å². The van der Waals surface area contributed by atoms with Crippen LogP contribution in [-0.4, -0.2) is 50.9 Å². The van der Waals surface area contributed by atoms with Crippen molar-refractivity contribution in [3.63, 3.8) is 0 Å². The molecule has 8 nitrogen and oxygen atoms in total. The van der Waals surface area contributed by atoms with Gasteiger partial charge in [-0.3, -0.25) is 4.79 Å². The molecule has 1 amide bonds. The maximum Gasteiger partial charge on any atom is 0.405 e. The van der Waals surface area contributed by atoms with Gasteiger partial charge in [0.25, 0.3) is 5.91 Å². The summed E-state index contributed by atoms with van der Waals surface area (Å²) in [6.07, 6.45) is -2.65. The first-order chi connectivity index (χ1) is 17.8. The van der Waals surface area contributed by atoms with E-state index >= 15 is 0 Å². The molecule has 1 aliphatic heterocycles. The van der Waals surface area contributed by atoms with E-state index in [0.29, 0.717) is 40.3 Å². The number of benzene rings is 2. The van der Waals surface area contributed by atoms with Gasteiger partial charge in [0.1, 0.15) is 30.3 Å². The van der Waals surface area contributed by atoms with Crippen LogP contribution in [0.4, 0.5) is 34.8 Å². The molecule has 2 N–H and O–H groups in total. The standard InChI is InChI=1S/C25H27F4N5O3S/c1-4-15-7-17(34-38(36)12-24(2,3)13-38)9-19-22(15)23(32-14-31-19)33-18-6-5-16(26)8-20(18)37-10-21(35)30-11-25(27,28)29/h5-9,14H,4,10-13H2,1-3H3,(H,30,35)(H,31,32,33). The van der Waals surface area contributed by atoms with Gasteiger partial charge in [0.05, 0.1) is 26.6 Å². The average Bonchev–Trinajstić information content (AvgIpc) is 2.80. The highest BCUT2D eigenvalue weighted by Gasteiger charge is 2.38. The number of fused-ring (bicyclic) bond motifs is 1. The molecule has 0 saturated carbocycles. The number of hydrogen-bond acceptors (Lipinski definition) is 7. The molecule has 2 heterocycles. The summed E-state index contributed by atoms with van der Waals surface area (Å²) < 4.78 is 73.8. The Morgan fingerprint density at radius 1 is 1.18 bits per heavy atom. The van der Waals surface area contributed by atoms with Crippen LogP contribution in [0, 0.1) is 11.2 Å². The minimum absolute atomic E-state index is 0.00177. The van der Waals surface area contributed by atoms with Crippen LogP contribution in [0.15, 0.2) is 41.0 Å². The largest absolute Gasteiger partial charge is 0.481 e. The Morgan fingerprint density at radius 2 is 1.92 bits per heavy atom. The van der Waals surface area contributed by atoms with Gasteiger partial charge < -0.3 is 15.4 Å². The zero-order valence-electron chi connectivity index (χ0n) is 21.0. The van der Waals surface area contributed by atoms with Gasteiger partial charge in [-0.1, -0.05) is 20.8 Å². The van der Waals surface area contributed by atoms with Crippen LogP contribution in [0.1, 0.15) is 26.3 Å². The molecule has 3 aromatic rings. The molecule has 204 valence electrons. The van der Waals surface area contributed by atoms with Crippen molar-refractivity contribution in [2.75, 3.05) is 30.0 Å². The lowest BCUT2D eigenvalue weighted by Gasteiger charge is -2.37. The Labute approximate surface area is 217 Å². The van der Waals surface area contributed by atoms with Gasteiger partial charge in [-0.05, 0) is 41.7 Å². The highest BCUT2D eigenvalue weighted by atomic mass is 32.2. The van der Waals surface area contributed by atoms with E-state index in [9.17, 15) is 26.6 Å². The fourth-order valence-electron chi connectivity index (χ4n) is 4.36. The number of aromatic nitrogens is 2. The van der Waals surface area contributed by atoms with Crippen molar-refractivity contribution in [2.24, 2.45) is 9.78 Å². The molecule has 0 atom stereocenters. The molecule has 38 heavy (non-hydrogen) atoms. The van der Waals surface area contributed by atoms with Crippen LogP contribution >= 0.6 is 0 Å². The van der Waals surface area contributed by atoms with Crippen molar-refractivity contribution in [3.05, 3.63) is 48.0 Å². The number of nitrogens with one attached hydrogen (secondary N) is 2. The summed E-state index contributed by atoms with van der Waals surface area (Å²) in [6, 6.07) is 7.10. The average molecular weight is 554 g/mol. The topological polar surface area (TPSA) is 106 Å². The quantitative estimate of drug-likeness (QED) is 0.368. The zero-order chi connectivity index (χ0) is 27.7. The minimum Gasteiger partial charge on any atom is -0.481 e. The van der Waals surface area contributed by atoms with Crippen LogP contribution in [0.25, 0.3) is 10.9 Å². The van der Waals surface area contributed by atoms with E-state index in [4.69, 9.17) is 4.74 Å². The Bertz CT molecular complexity index is 1490. The summed E-state index contributed by atoms with van der Waals surface area (Å²) in [5.41, 5.74) is 2.19. The molecular formula is C25H27F4N5O3S. The van der Waals surface area contributed by atoms with Crippen LogP contribution < -0.4 is 15.4 Å². The van der Waals surface area contributed by atoms with Gasteiger partial charge in [0.2, 0.25) is 0 Å². The number of nitrogens with zero attached hydrogens (tertiary/aromatic N) is 3. The van der Waals surface area contributed by atoms with E-state index in [2.05, 4.69) is 33.5 Å². The number of alkyl halides is 3. The van der Waals surface area contributed by atoms with E-state index in [-0.39, 0.29) is 16.9 Å². The molecule has 4 rings (SSSR count). The van der Waals surface area contributed by atoms with Crippen LogP contribution in [-0.2, 0) is 20.9 Å². The second-order valence-electron chi connectivity index (χ2n) is 9.84. The zero-order valence-corrected chi connectivity index (χ0v) is 21.8. The van der Waals surface area contributed by atoms with Crippen molar-refractivity contribution in [1.29, 1.82) is 0 Å². The molecule has 1 fully saturated rings. The van der Waals surface area contributed by atoms with Gasteiger partial charge >= 0.3 is 6.18 Å². The van der Waals surface area contributed by atoms with E-state index < -0.39 is 40.8 Å². The normalized spacial score (nSPS) is 16.0. The van der Waals surface area contributed by atoms with Gasteiger partial charge in [-0.25, -0.2) is 18.6 Å². The third-order valence-electron chi connectivity index (χ3n) is 5.73. The van der Waals surface area contributed by atoms with Crippen LogP contribution in [0.5, 0.6) is 5.75 Å². The molecule has 0 radical (unpaired) electrons. The lowest BCUT2D eigenvalue weighted by atomic mass is 9.99. The third kappa shape index (κ3) is 6.69. The van der Waals surface area contributed by atoms with Crippen molar-refractivity contribution in [3.8, 4) is 5.75 Å². The summed E-state index contributed by atoms with van der Waals surface area (Å²) in [7, 11) is -2.32. The predicted molar refractivity (Wildman–Crippen MR) is 137 cm³/mol. The second kappa shape index (κ2) is 10.4. The molecule has 2 aromatic carbocycles. The molecule has 0 bridgehead atoms. The summed E-state index contributed by atoms with van der Waals surface area (Å²) in [5.74, 6) is -0.349. The summed E-state index contributed by atoms with van der Waals surface area (Å²) in [5, 5.41) is 5.42. The van der Waals surface area contributed by atoms with Gasteiger partial charge in [0, 0.05) is 23.0 Å². The summed E-state index contributed by atoms with van der Waals surface area (Å²) in [4.78, 5) is 20.4. The minimum atomic E-state index is -4.57. The molecule has 1 saturated heterocycles. The molecule has 1 aliphatic rings. The van der Waals surface area contributed by atoms with Crippen LogP contribution in [0.2, 0.25) is 0 Å². The lowest BCUT2D eigenvalue weighted by Crippen LogP contribution is -2.43. The maximum atomic E-state index is 13.9. The molecule has 13 heteroatoms. The smallest absolute Gasteiger partial charge is 0.405 e. The number of ether oxygens (including phenoxy) is 1. The number of hydrogen-bond donors (Lipinski definition) is 2. The number of carbonyl (C=O) groups excluding carboxylic acids is 1. The van der Waals surface area contributed by atoms with Gasteiger partial charge in [-0.2, -0.15) is 17.5 Å². The monoisotopic (exact) mass is 553 g/mol. The third-order valence-corrected chi connectivity index (χ3v) is 8.74. The highest BCUT2D eigenvalue weighted by Crippen LogP contribution is 2.38. The molecular weight excluding hydrogens is 526 g/mol. The second-order valence-corrected chi connectivity index (χ2v) is 12.1. The van der Waals surface area contributed by atoms with Crippen molar-refractivity contribution < 1.29 is 31.3 Å². The fraction of sp³-hybridized carbons (Fsp3) is 0.400. The number of aryl methyl sites for hydroxylation is 1. The molecule has 0 spiro atoms. The Kier molecular flexibility index (Phi) is 7.51. The number of rotatable bonds is 8. The Balaban J connectivity index is 1.62. The molecule has 0 aliphatic carbocycles. The first kappa shape index (κ1) is 27.6. The highest BCUT2D eigenvalue weighted by molar-refractivity contribution is 7.95. The van der Waals surface area contributed by atoms with E-state index in [1.165, 1.54) is 12.4 Å². The molecule has 0 unspecified atom stereocenters. The van der Waals surface area contributed by atoms with Gasteiger partial charge in [0.15, 0.2) is 6.61 Å². The first-order valence-corrected chi connectivity index (χ1v) is 13.6. The lowest BCUT2D eigenvalue weighted by molar-refractivity contribution is -0.139. The fourth-order valence-corrected chi connectivity index (χ4v) is 7.34. The van der Waals surface area contributed by atoms with Crippen molar-refractivity contribution in [1.82, 2.24) is 15.3 Å². The Hall–Kier alpha value is -3.48. The van der Waals surface area contributed by atoms with Crippen molar-refractivity contribution in [2.45, 2.75) is 33.4 Å². The van der Waals surface area contributed by atoms with E-state index in [1.54, 1.807) is 11.4 Å². The predicted octanol–water partition coefficient (Wildman–Crippen LogP) is 5.27. The number of carbonyl (C=O) groups is 1. The molecule has 1 aromatic heterocycles. The van der Waals surface area contributed by atoms with E-state index in [0.717, 1.165) is 17.7 Å². The summed E-state index contributed by atoms with van der Waals surface area (Å²) >= 11 is 0. The number of amides is 1. The SMILES string of the molecule is CCc1cc(N=S2(=O)CC(C)(C)C2)cc2ncnc(Nc3ccc(F)cc3OCC(=O)NCC(F)(F)F)c12. The summed E-state index contributed by atoms with van der Waals surface area (Å²) in [6.45, 7) is 3.79. The van der Waals surface area contributed by atoms with E-state index in [1.807, 2.05) is 13.0 Å².